The van der Waals surface area contributed by atoms with Crippen LogP contribution in [0.15, 0.2) is 39.2 Å². The van der Waals surface area contributed by atoms with Gasteiger partial charge in [0.05, 0.1) is 11.8 Å². The minimum atomic E-state index is -0.977. The van der Waals surface area contributed by atoms with Crippen molar-refractivity contribution in [3.8, 4) is 11.5 Å². The number of benzene rings is 1. The summed E-state index contributed by atoms with van der Waals surface area (Å²) in [6, 6.07) is 6.67. The number of imidazole rings is 1. The fraction of sp³-hybridized carbons (Fsp3) is 0.0714. The zero-order chi connectivity index (χ0) is 15.3. The van der Waals surface area contributed by atoms with E-state index >= 15 is 0 Å². The molecule has 0 fully saturated rings. The molecule has 0 aliphatic carbocycles. The van der Waals surface area contributed by atoms with Crippen LogP contribution in [0.2, 0.25) is 0 Å². The molecule has 22 heavy (non-hydrogen) atoms. The van der Waals surface area contributed by atoms with Gasteiger partial charge in [-0.3, -0.25) is 0 Å². The molecule has 0 aliphatic rings. The molecular weight excluding hydrogens is 322 g/mol. The van der Waals surface area contributed by atoms with E-state index in [0.717, 1.165) is 9.30 Å². The van der Waals surface area contributed by atoms with Crippen LogP contribution in [0.4, 0.5) is 0 Å². The number of fused-ring (bicyclic) bond motifs is 2. The molecule has 0 amide bonds. The summed E-state index contributed by atoms with van der Waals surface area (Å²) in [5, 5.41) is 14.2. The number of hydrogen-bond acceptors (Lipinski definition) is 6. The van der Waals surface area contributed by atoms with Gasteiger partial charge in [0.1, 0.15) is 11.3 Å². The molecule has 110 valence electrons. The number of carboxylic acid groups (broad SMARTS) is 1. The predicted octanol–water partition coefficient (Wildman–Crippen LogP) is 3.62. The van der Waals surface area contributed by atoms with Gasteiger partial charge >= 0.3 is 5.97 Å². The molecule has 4 aromatic rings. The van der Waals surface area contributed by atoms with Crippen molar-refractivity contribution in [3.63, 3.8) is 0 Å². The number of carbonyl (C=O) groups is 1. The topological polar surface area (TPSA) is 80.6 Å². The number of nitrogens with zero attached hydrogens (tertiary/aromatic N) is 3. The van der Waals surface area contributed by atoms with Crippen molar-refractivity contribution < 1.29 is 14.3 Å². The lowest BCUT2D eigenvalue weighted by molar-refractivity contribution is 0.0699. The summed E-state index contributed by atoms with van der Waals surface area (Å²) in [5.41, 5.74) is 1.39. The van der Waals surface area contributed by atoms with Gasteiger partial charge in [-0.15, -0.1) is 5.10 Å². The third kappa shape index (κ3) is 1.99. The molecule has 4 rings (SSSR count). The van der Waals surface area contributed by atoms with E-state index in [-0.39, 0.29) is 5.56 Å². The summed E-state index contributed by atoms with van der Waals surface area (Å²) in [7, 11) is 0. The van der Waals surface area contributed by atoms with E-state index in [2.05, 4.69) is 10.1 Å². The molecule has 0 radical (unpaired) electrons. The van der Waals surface area contributed by atoms with Crippen molar-refractivity contribution in [2.75, 3.05) is 6.26 Å². The maximum Gasteiger partial charge on any atom is 0.336 e. The Morgan fingerprint density at radius 3 is 3.05 bits per heavy atom. The summed E-state index contributed by atoms with van der Waals surface area (Å²) >= 11 is 3.06. The van der Waals surface area contributed by atoms with E-state index in [0.29, 0.717) is 22.4 Å². The average molecular weight is 331 g/mol. The molecule has 3 heterocycles. The number of rotatable bonds is 3. The Balaban J connectivity index is 1.86. The van der Waals surface area contributed by atoms with Crippen LogP contribution in [-0.4, -0.2) is 31.9 Å². The van der Waals surface area contributed by atoms with Gasteiger partial charge < -0.3 is 9.52 Å². The fourth-order valence-electron chi connectivity index (χ4n) is 2.26. The van der Waals surface area contributed by atoms with E-state index in [9.17, 15) is 9.90 Å². The number of aromatic carboxylic acids is 1. The van der Waals surface area contributed by atoms with Crippen LogP contribution >= 0.6 is 23.1 Å². The highest BCUT2D eigenvalue weighted by atomic mass is 32.2. The van der Waals surface area contributed by atoms with Gasteiger partial charge in [-0.05, 0) is 24.5 Å². The molecule has 6 nitrogen and oxygen atoms in total. The Morgan fingerprint density at radius 1 is 1.45 bits per heavy atom. The van der Waals surface area contributed by atoms with Gasteiger partial charge in [0, 0.05) is 5.39 Å². The van der Waals surface area contributed by atoms with Crippen molar-refractivity contribution in [3.05, 3.63) is 36.0 Å². The summed E-state index contributed by atoms with van der Waals surface area (Å²) < 4.78 is 8.38. The maximum absolute atomic E-state index is 11.3. The molecule has 0 spiro atoms. The minimum Gasteiger partial charge on any atom is -0.478 e. The zero-order valence-corrected chi connectivity index (χ0v) is 12.9. The number of hydrogen-bond donors (Lipinski definition) is 1. The van der Waals surface area contributed by atoms with Crippen LogP contribution in [-0.2, 0) is 0 Å². The molecule has 0 unspecified atom stereocenters. The summed E-state index contributed by atoms with van der Waals surface area (Å²) in [4.78, 5) is 16.5. The smallest absolute Gasteiger partial charge is 0.336 e. The van der Waals surface area contributed by atoms with Gasteiger partial charge in [0.25, 0.3) is 0 Å². The van der Waals surface area contributed by atoms with E-state index in [1.54, 1.807) is 46.7 Å². The normalized spacial score (nSPS) is 11.5. The van der Waals surface area contributed by atoms with E-state index < -0.39 is 5.97 Å². The van der Waals surface area contributed by atoms with Crippen LogP contribution in [0, 0.1) is 0 Å². The standard InChI is InChI=1S/C14H9N3O3S2/c1-21-14-16-17-6-9(15-13(17)22-14)11-5-8-7(12(18)19)3-2-4-10(8)20-11/h2-6H,1H3,(H,18,19). The van der Waals surface area contributed by atoms with Crippen molar-refractivity contribution in [1.82, 2.24) is 14.6 Å². The van der Waals surface area contributed by atoms with E-state index in [4.69, 9.17) is 4.42 Å². The number of carboxylic acids is 1. The Bertz CT molecular complexity index is 984. The molecule has 0 saturated heterocycles. The first kappa shape index (κ1) is 13.4. The Kier molecular flexibility index (Phi) is 2.95. The number of aromatic nitrogens is 3. The van der Waals surface area contributed by atoms with Gasteiger partial charge in [-0.25, -0.2) is 14.3 Å². The molecule has 8 heteroatoms. The van der Waals surface area contributed by atoms with Crippen molar-refractivity contribution >= 4 is 45.0 Å². The van der Waals surface area contributed by atoms with Gasteiger partial charge in [0.2, 0.25) is 4.96 Å². The van der Waals surface area contributed by atoms with E-state index in [1.807, 2.05) is 6.26 Å². The molecule has 0 aliphatic heterocycles. The third-order valence-corrected chi connectivity index (χ3v) is 5.14. The van der Waals surface area contributed by atoms with E-state index in [1.165, 1.54) is 11.3 Å². The molecule has 0 atom stereocenters. The minimum absolute atomic E-state index is 0.219. The first-order valence-corrected chi connectivity index (χ1v) is 8.36. The molecule has 1 N–H and O–H groups in total. The third-order valence-electron chi connectivity index (χ3n) is 3.24. The zero-order valence-electron chi connectivity index (χ0n) is 11.3. The van der Waals surface area contributed by atoms with Crippen molar-refractivity contribution in [1.29, 1.82) is 0 Å². The molecular formula is C14H9N3O3S2. The Morgan fingerprint density at radius 2 is 2.32 bits per heavy atom. The van der Waals surface area contributed by atoms with Gasteiger partial charge in [-0.2, -0.15) is 0 Å². The highest BCUT2D eigenvalue weighted by Gasteiger charge is 2.16. The summed E-state index contributed by atoms with van der Waals surface area (Å²) in [6.07, 6.45) is 3.75. The van der Waals surface area contributed by atoms with Crippen LogP contribution in [0.25, 0.3) is 27.4 Å². The summed E-state index contributed by atoms with van der Waals surface area (Å²) in [5.74, 6) is -0.442. The lowest BCUT2D eigenvalue weighted by atomic mass is 10.1. The molecule has 3 aromatic heterocycles. The van der Waals surface area contributed by atoms with Crippen LogP contribution in [0.1, 0.15) is 10.4 Å². The maximum atomic E-state index is 11.3. The second kappa shape index (κ2) is 4.85. The Hall–Kier alpha value is -2.32. The second-order valence-corrected chi connectivity index (χ2v) is 6.57. The SMILES string of the molecule is CSc1nn2cc(-c3cc4c(C(=O)O)cccc4o3)nc2s1. The quantitative estimate of drug-likeness (QED) is 0.577. The number of furan rings is 1. The van der Waals surface area contributed by atoms with Crippen LogP contribution < -0.4 is 0 Å². The molecule has 0 saturated carbocycles. The highest BCUT2D eigenvalue weighted by molar-refractivity contribution is 8.00. The second-order valence-electron chi connectivity index (χ2n) is 4.56. The lowest BCUT2D eigenvalue weighted by Crippen LogP contribution is -1.95. The Labute approximate surface area is 132 Å². The first-order valence-electron chi connectivity index (χ1n) is 6.32. The largest absolute Gasteiger partial charge is 0.478 e. The van der Waals surface area contributed by atoms with Crippen molar-refractivity contribution in [2.24, 2.45) is 0 Å². The first-order chi connectivity index (χ1) is 10.7. The predicted molar refractivity (Wildman–Crippen MR) is 84.8 cm³/mol. The average Bonchev–Trinajstić information content (AvgIpc) is 3.17. The summed E-state index contributed by atoms with van der Waals surface area (Å²) in [6.45, 7) is 0. The monoisotopic (exact) mass is 331 g/mol. The van der Waals surface area contributed by atoms with Gasteiger partial charge in [0.15, 0.2) is 10.1 Å². The van der Waals surface area contributed by atoms with Crippen molar-refractivity contribution in [2.45, 2.75) is 4.34 Å². The highest BCUT2D eigenvalue weighted by Crippen LogP contribution is 2.31. The molecule has 1 aromatic carbocycles. The number of thioether (sulfide) groups is 1. The fourth-order valence-corrected chi connectivity index (χ4v) is 3.60. The van der Waals surface area contributed by atoms with Crippen LogP contribution in [0.5, 0.6) is 0 Å². The van der Waals surface area contributed by atoms with Crippen LogP contribution in [0.3, 0.4) is 0 Å². The lowest BCUT2D eigenvalue weighted by Gasteiger charge is -1.93. The van der Waals surface area contributed by atoms with Gasteiger partial charge in [-0.1, -0.05) is 29.2 Å². The molecule has 0 bridgehead atoms.